The Balaban J connectivity index is 1.72. The second kappa shape index (κ2) is 8.72. The van der Waals surface area contributed by atoms with E-state index in [-0.39, 0.29) is 6.03 Å². The van der Waals surface area contributed by atoms with E-state index in [0.29, 0.717) is 19.7 Å². The molecule has 1 N–H and O–H groups in total. The van der Waals surface area contributed by atoms with Crippen molar-refractivity contribution < 1.29 is 9.53 Å². The van der Waals surface area contributed by atoms with Crippen molar-refractivity contribution in [2.75, 3.05) is 31.6 Å². The fourth-order valence-corrected chi connectivity index (χ4v) is 3.15. The summed E-state index contributed by atoms with van der Waals surface area (Å²) in [6.07, 6.45) is 0. The number of carbonyl (C=O) groups is 1. The number of nitrogens with zero attached hydrogens (tertiary/aromatic N) is 2. The van der Waals surface area contributed by atoms with E-state index in [2.05, 4.69) is 36.2 Å². The monoisotopic (exact) mass is 353 g/mol. The third kappa shape index (κ3) is 4.55. The molecule has 0 atom stereocenters. The van der Waals surface area contributed by atoms with Gasteiger partial charge in [0, 0.05) is 17.8 Å². The first-order valence-corrected chi connectivity index (χ1v) is 9.27. The number of hydrogen-bond donors (Lipinski definition) is 1. The molecule has 1 aliphatic rings. The molecule has 3 rings (SSSR count). The average molecular weight is 353 g/mol. The molecule has 0 saturated heterocycles. The highest BCUT2D eigenvalue weighted by Gasteiger charge is 2.20. The maximum atomic E-state index is 12.6. The Morgan fingerprint density at radius 3 is 2.65 bits per heavy atom. The normalized spacial score (nSPS) is 13.7. The Hall–Kier alpha value is -2.53. The highest BCUT2D eigenvalue weighted by Crippen LogP contribution is 2.25. The summed E-state index contributed by atoms with van der Waals surface area (Å²) in [4.78, 5) is 16.8. The van der Waals surface area contributed by atoms with Crippen LogP contribution in [0.3, 0.4) is 0 Å². The molecule has 1 aliphatic heterocycles. The topological polar surface area (TPSA) is 44.8 Å². The lowest BCUT2D eigenvalue weighted by atomic mass is 10.1. The van der Waals surface area contributed by atoms with Gasteiger partial charge in [0.15, 0.2) is 0 Å². The first kappa shape index (κ1) is 18.3. The number of hydrogen-bond acceptors (Lipinski definition) is 3. The van der Waals surface area contributed by atoms with Gasteiger partial charge in [-0.05, 0) is 42.9 Å². The van der Waals surface area contributed by atoms with Crippen LogP contribution in [0.1, 0.15) is 25.0 Å². The lowest BCUT2D eigenvalue weighted by molar-refractivity contribution is 0.200. The lowest BCUT2D eigenvalue weighted by Crippen LogP contribution is -2.36. The number of fused-ring (bicyclic) bond motifs is 1. The molecule has 0 aliphatic carbocycles. The van der Waals surface area contributed by atoms with Gasteiger partial charge in [0.1, 0.15) is 12.4 Å². The zero-order valence-electron chi connectivity index (χ0n) is 15.6. The van der Waals surface area contributed by atoms with E-state index >= 15 is 0 Å². The van der Waals surface area contributed by atoms with Crippen LogP contribution >= 0.6 is 0 Å². The van der Waals surface area contributed by atoms with Crippen molar-refractivity contribution in [2.45, 2.75) is 26.9 Å². The van der Waals surface area contributed by atoms with Crippen molar-refractivity contribution >= 4 is 11.7 Å². The molecule has 0 spiro atoms. The number of rotatable bonds is 5. The van der Waals surface area contributed by atoms with Crippen LogP contribution in [-0.2, 0) is 13.1 Å². The molecule has 138 valence electrons. The molecule has 0 unspecified atom stereocenters. The number of anilines is 1. The van der Waals surface area contributed by atoms with Gasteiger partial charge in [0.2, 0.25) is 0 Å². The van der Waals surface area contributed by atoms with E-state index in [1.54, 1.807) is 4.90 Å². The number of para-hydroxylation sites is 1. The van der Waals surface area contributed by atoms with Gasteiger partial charge in [-0.25, -0.2) is 4.79 Å². The predicted octanol–water partition coefficient (Wildman–Crippen LogP) is 3.95. The highest BCUT2D eigenvalue weighted by molar-refractivity contribution is 5.89. The van der Waals surface area contributed by atoms with Gasteiger partial charge >= 0.3 is 6.03 Å². The van der Waals surface area contributed by atoms with Crippen LogP contribution in [0.4, 0.5) is 10.5 Å². The molecule has 26 heavy (non-hydrogen) atoms. The third-order valence-corrected chi connectivity index (χ3v) is 4.72. The fourth-order valence-electron chi connectivity index (χ4n) is 3.15. The summed E-state index contributed by atoms with van der Waals surface area (Å²) in [6.45, 7) is 8.93. The Morgan fingerprint density at radius 1 is 1.15 bits per heavy atom. The van der Waals surface area contributed by atoms with Crippen LogP contribution in [0.5, 0.6) is 5.75 Å². The van der Waals surface area contributed by atoms with E-state index in [4.69, 9.17) is 4.74 Å². The molecule has 0 fully saturated rings. The Bertz CT molecular complexity index is 729. The molecule has 0 aromatic heterocycles. The van der Waals surface area contributed by atoms with Gasteiger partial charge in [-0.2, -0.15) is 0 Å². The largest absolute Gasteiger partial charge is 0.491 e. The van der Waals surface area contributed by atoms with Crippen LogP contribution < -0.4 is 10.1 Å². The summed E-state index contributed by atoms with van der Waals surface area (Å²) >= 11 is 0. The molecule has 2 aromatic carbocycles. The molecule has 0 bridgehead atoms. The number of carbonyl (C=O) groups excluding carboxylic acids is 1. The number of amides is 2. The summed E-state index contributed by atoms with van der Waals surface area (Å²) in [6, 6.07) is 15.8. The zero-order chi connectivity index (χ0) is 18.4. The Kier molecular flexibility index (Phi) is 6.12. The van der Waals surface area contributed by atoms with E-state index in [1.165, 1.54) is 5.56 Å². The van der Waals surface area contributed by atoms with Crippen molar-refractivity contribution in [3.8, 4) is 5.75 Å². The summed E-state index contributed by atoms with van der Waals surface area (Å²) in [5, 5.41) is 2.96. The van der Waals surface area contributed by atoms with Gasteiger partial charge in [-0.15, -0.1) is 0 Å². The third-order valence-electron chi connectivity index (χ3n) is 4.72. The maximum absolute atomic E-state index is 12.6. The Morgan fingerprint density at radius 2 is 1.92 bits per heavy atom. The number of nitrogens with one attached hydrogen (secondary N) is 1. The predicted molar refractivity (Wildman–Crippen MR) is 104 cm³/mol. The van der Waals surface area contributed by atoms with Crippen molar-refractivity contribution in [2.24, 2.45) is 0 Å². The van der Waals surface area contributed by atoms with Crippen molar-refractivity contribution in [3.05, 3.63) is 59.7 Å². The van der Waals surface area contributed by atoms with Gasteiger partial charge in [-0.1, -0.05) is 38.1 Å². The van der Waals surface area contributed by atoms with Gasteiger partial charge in [-0.3, -0.25) is 4.90 Å². The zero-order valence-corrected chi connectivity index (χ0v) is 15.6. The minimum Gasteiger partial charge on any atom is -0.491 e. The second-order valence-corrected chi connectivity index (χ2v) is 6.47. The van der Waals surface area contributed by atoms with Crippen LogP contribution in [-0.4, -0.2) is 42.1 Å². The molecule has 5 heteroatoms. The SMILES string of the molecule is CCN(CC)Cc1ccc2c(c1)CN(C(=O)Nc1ccccc1)CCO2. The maximum Gasteiger partial charge on any atom is 0.322 e. The molecular weight excluding hydrogens is 326 g/mol. The van der Waals surface area contributed by atoms with Gasteiger partial charge in [0.05, 0.1) is 13.1 Å². The summed E-state index contributed by atoms with van der Waals surface area (Å²) in [7, 11) is 0. The number of urea groups is 1. The minimum atomic E-state index is -0.0956. The molecule has 2 amide bonds. The van der Waals surface area contributed by atoms with E-state index < -0.39 is 0 Å². The van der Waals surface area contributed by atoms with Crippen molar-refractivity contribution in [3.63, 3.8) is 0 Å². The Labute approximate surface area is 155 Å². The van der Waals surface area contributed by atoms with E-state index in [0.717, 1.165) is 36.6 Å². The first-order chi connectivity index (χ1) is 12.7. The number of benzene rings is 2. The second-order valence-electron chi connectivity index (χ2n) is 6.47. The minimum absolute atomic E-state index is 0.0956. The highest BCUT2D eigenvalue weighted by atomic mass is 16.5. The molecule has 5 nitrogen and oxygen atoms in total. The van der Waals surface area contributed by atoms with E-state index in [9.17, 15) is 4.79 Å². The molecule has 1 heterocycles. The molecular formula is C21H27N3O2. The summed E-state index contributed by atoms with van der Waals surface area (Å²) in [5.41, 5.74) is 3.12. The standard InChI is InChI=1S/C21H27N3O2/c1-3-23(4-2)15-17-10-11-20-18(14-17)16-24(12-13-26-20)21(25)22-19-8-6-5-7-9-19/h5-11,14H,3-4,12-13,15-16H2,1-2H3,(H,22,25). The van der Waals surface area contributed by atoms with Gasteiger partial charge < -0.3 is 15.0 Å². The molecule has 2 aromatic rings. The molecule has 0 saturated carbocycles. The number of ether oxygens (including phenoxy) is 1. The quantitative estimate of drug-likeness (QED) is 0.885. The fraction of sp³-hybridized carbons (Fsp3) is 0.381. The van der Waals surface area contributed by atoms with Crippen LogP contribution in [0, 0.1) is 0 Å². The lowest BCUT2D eigenvalue weighted by Gasteiger charge is -2.21. The first-order valence-electron chi connectivity index (χ1n) is 9.27. The molecule has 0 radical (unpaired) electrons. The van der Waals surface area contributed by atoms with Gasteiger partial charge in [0.25, 0.3) is 0 Å². The summed E-state index contributed by atoms with van der Waals surface area (Å²) in [5.74, 6) is 0.878. The van der Waals surface area contributed by atoms with Crippen LogP contribution in [0.2, 0.25) is 0 Å². The van der Waals surface area contributed by atoms with Crippen molar-refractivity contribution in [1.82, 2.24) is 9.80 Å². The summed E-state index contributed by atoms with van der Waals surface area (Å²) < 4.78 is 5.86. The van der Waals surface area contributed by atoms with Crippen LogP contribution in [0.25, 0.3) is 0 Å². The van der Waals surface area contributed by atoms with Crippen LogP contribution in [0.15, 0.2) is 48.5 Å². The van der Waals surface area contributed by atoms with Crippen molar-refractivity contribution in [1.29, 1.82) is 0 Å². The van der Waals surface area contributed by atoms with E-state index in [1.807, 2.05) is 36.4 Å². The smallest absolute Gasteiger partial charge is 0.322 e. The average Bonchev–Trinajstić information content (AvgIpc) is 2.89.